The molecule has 0 aliphatic rings. The van der Waals surface area contributed by atoms with Crippen LogP contribution in [0.5, 0.6) is 0 Å². The maximum atomic E-state index is 12.2. The molecule has 0 bridgehead atoms. The zero-order valence-electron chi connectivity index (χ0n) is 17.7. The molecule has 0 aliphatic heterocycles. The lowest BCUT2D eigenvalue weighted by Gasteiger charge is -2.30. The Balaban J connectivity index is 4.39. The van der Waals surface area contributed by atoms with Crippen molar-refractivity contribution in [2.45, 2.75) is 84.8 Å². The summed E-state index contributed by atoms with van der Waals surface area (Å²) in [5.74, 6) is -0.719. The van der Waals surface area contributed by atoms with E-state index < -0.39 is 5.54 Å². The van der Waals surface area contributed by atoms with Crippen LogP contribution in [0.25, 0.3) is 0 Å². The predicted octanol–water partition coefficient (Wildman–Crippen LogP) is 2.47. The van der Waals surface area contributed by atoms with Crippen LogP contribution in [-0.2, 0) is 23.9 Å². The quantitative estimate of drug-likeness (QED) is 0.464. The summed E-state index contributed by atoms with van der Waals surface area (Å²) in [5, 5.41) is 2.92. The summed E-state index contributed by atoms with van der Waals surface area (Å²) in [5.41, 5.74) is -0.869. The van der Waals surface area contributed by atoms with E-state index in [0.29, 0.717) is 38.7 Å². The van der Waals surface area contributed by atoms with Gasteiger partial charge in [0.1, 0.15) is 6.29 Å². The minimum Gasteiger partial charge on any atom is -0.375 e. The van der Waals surface area contributed by atoms with Crippen molar-refractivity contribution >= 4 is 24.5 Å². The molecular weight excluding hydrogens is 348 g/mol. The van der Waals surface area contributed by atoms with Gasteiger partial charge in [-0.15, -0.1) is 0 Å². The molecule has 0 rings (SSSR count). The Hall–Kier alpha value is -1.76. The molecule has 0 saturated heterocycles. The van der Waals surface area contributed by atoms with Gasteiger partial charge in [0.25, 0.3) is 0 Å². The summed E-state index contributed by atoms with van der Waals surface area (Å²) < 4.78 is 5.83. The number of imide groups is 1. The number of hydrogen-bond donors (Lipinski definition) is 1. The van der Waals surface area contributed by atoms with Crippen LogP contribution >= 0.6 is 0 Å². The van der Waals surface area contributed by atoms with E-state index in [2.05, 4.69) is 5.32 Å². The Morgan fingerprint density at radius 3 is 2.30 bits per heavy atom. The van der Waals surface area contributed by atoms with Gasteiger partial charge in [-0.2, -0.15) is 0 Å². The lowest BCUT2D eigenvalue weighted by Crippen LogP contribution is -2.46. The van der Waals surface area contributed by atoms with E-state index in [1.165, 1.54) is 0 Å². The first-order valence-electron chi connectivity index (χ1n) is 9.62. The molecule has 27 heavy (non-hydrogen) atoms. The molecule has 0 aliphatic carbocycles. The molecule has 0 aromatic rings. The lowest BCUT2D eigenvalue weighted by molar-refractivity contribution is -0.141. The van der Waals surface area contributed by atoms with E-state index in [-0.39, 0.29) is 36.3 Å². The molecule has 0 saturated carbocycles. The van der Waals surface area contributed by atoms with Gasteiger partial charge in [-0.1, -0.05) is 13.8 Å². The maximum Gasteiger partial charge on any atom is 0.231 e. The highest BCUT2D eigenvalue weighted by atomic mass is 16.5. The van der Waals surface area contributed by atoms with Crippen LogP contribution in [0.1, 0.15) is 73.6 Å². The molecule has 7 nitrogen and oxygen atoms in total. The fraction of sp³-hybridized carbons (Fsp3) is 0.800. The van der Waals surface area contributed by atoms with E-state index in [9.17, 15) is 19.2 Å². The van der Waals surface area contributed by atoms with Gasteiger partial charge in [0.15, 0.2) is 0 Å². The minimum absolute atomic E-state index is 0.0655. The average molecular weight is 385 g/mol. The first-order valence-corrected chi connectivity index (χ1v) is 9.62. The molecule has 3 amide bonds. The summed E-state index contributed by atoms with van der Waals surface area (Å²) in [7, 11) is 0. The standard InChI is InChI=1S/C20H36N2O5/c1-7-16(2)18(26)22(15-24)12-9-17(25)21-19(3,4)11-14-27-20(5,6)10-8-13-23/h13,15-16H,7-12,14H2,1-6H3,(H,21,25). The zero-order valence-corrected chi connectivity index (χ0v) is 17.7. The summed E-state index contributed by atoms with van der Waals surface area (Å²) in [6.45, 7) is 11.8. The van der Waals surface area contributed by atoms with Crippen LogP contribution in [0.2, 0.25) is 0 Å². The van der Waals surface area contributed by atoms with Gasteiger partial charge in [-0.25, -0.2) is 0 Å². The van der Waals surface area contributed by atoms with Crippen molar-refractivity contribution in [3.8, 4) is 0 Å². The van der Waals surface area contributed by atoms with Gasteiger partial charge in [-0.3, -0.25) is 19.3 Å². The number of carbonyl (C=O) groups is 4. The Bertz CT molecular complexity index is 503. The monoisotopic (exact) mass is 384 g/mol. The van der Waals surface area contributed by atoms with Crippen molar-refractivity contribution in [3.05, 3.63) is 0 Å². The number of hydrogen-bond acceptors (Lipinski definition) is 5. The van der Waals surface area contributed by atoms with Crippen molar-refractivity contribution in [2.75, 3.05) is 13.2 Å². The summed E-state index contributed by atoms with van der Waals surface area (Å²) >= 11 is 0. The first-order chi connectivity index (χ1) is 12.5. The first kappa shape index (κ1) is 25.2. The second kappa shape index (κ2) is 11.8. The Labute approximate surface area is 163 Å². The largest absolute Gasteiger partial charge is 0.375 e. The minimum atomic E-state index is -0.482. The second-order valence-electron chi connectivity index (χ2n) is 8.19. The van der Waals surface area contributed by atoms with Gasteiger partial charge in [-0.05, 0) is 47.0 Å². The number of aldehydes is 1. The zero-order chi connectivity index (χ0) is 21.1. The highest BCUT2D eigenvalue weighted by Gasteiger charge is 2.24. The molecule has 0 radical (unpaired) electrons. The van der Waals surface area contributed by atoms with Crippen LogP contribution in [0.4, 0.5) is 0 Å². The van der Waals surface area contributed by atoms with Crippen LogP contribution in [0.15, 0.2) is 0 Å². The Morgan fingerprint density at radius 1 is 1.15 bits per heavy atom. The number of amides is 3. The van der Waals surface area contributed by atoms with Crippen LogP contribution in [0.3, 0.4) is 0 Å². The van der Waals surface area contributed by atoms with E-state index in [0.717, 1.165) is 11.2 Å². The third-order valence-electron chi connectivity index (χ3n) is 4.59. The molecule has 0 spiro atoms. The topological polar surface area (TPSA) is 92.8 Å². The van der Waals surface area contributed by atoms with E-state index in [1.807, 2.05) is 34.6 Å². The number of rotatable bonds is 14. The molecule has 0 aromatic carbocycles. The molecular formula is C20H36N2O5. The molecule has 0 fully saturated rings. The molecule has 1 N–H and O–H groups in total. The number of nitrogens with zero attached hydrogens (tertiary/aromatic N) is 1. The van der Waals surface area contributed by atoms with Gasteiger partial charge < -0.3 is 14.8 Å². The van der Waals surface area contributed by atoms with Crippen molar-refractivity contribution in [2.24, 2.45) is 5.92 Å². The normalized spacial score (nSPS) is 13.0. The van der Waals surface area contributed by atoms with Crippen molar-refractivity contribution in [3.63, 3.8) is 0 Å². The fourth-order valence-corrected chi connectivity index (χ4v) is 2.46. The van der Waals surface area contributed by atoms with Crippen molar-refractivity contribution in [1.82, 2.24) is 10.2 Å². The molecule has 156 valence electrons. The maximum absolute atomic E-state index is 12.2. The van der Waals surface area contributed by atoms with Gasteiger partial charge in [0.05, 0.1) is 5.60 Å². The molecule has 7 heteroatoms. The predicted molar refractivity (Wildman–Crippen MR) is 104 cm³/mol. The SMILES string of the molecule is CCC(C)C(=O)N(C=O)CCC(=O)NC(C)(C)CCOC(C)(C)CCC=O. The van der Waals surface area contributed by atoms with Crippen molar-refractivity contribution in [1.29, 1.82) is 0 Å². The number of ether oxygens (including phenoxy) is 1. The van der Waals surface area contributed by atoms with Crippen LogP contribution < -0.4 is 5.32 Å². The third kappa shape index (κ3) is 10.9. The van der Waals surface area contributed by atoms with Crippen LogP contribution in [0, 0.1) is 5.92 Å². The number of nitrogens with one attached hydrogen (secondary N) is 1. The smallest absolute Gasteiger partial charge is 0.231 e. The second-order valence-corrected chi connectivity index (χ2v) is 8.19. The average Bonchev–Trinajstić information content (AvgIpc) is 2.58. The highest BCUT2D eigenvalue weighted by molar-refractivity contribution is 5.88. The van der Waals surface area contributed by atoms with E-state index in [1.54, 1.807) is 6.92 Å². The van der Waals surface area contributed by atoms with Crippen LogP contribution in [-0.4, -0.2) is 53.7 Å². The summed E-state index contributed by atoms with van der Waals surface area (Å²) in [4.78, 5) is 46.9. The summed E-state index contributed by atoms with van der Waals surface area (Å²) in [6.07, 6.45) is 3.78. The van der Waals surface area contributed by atoms with Gasteiger partial charge in [0, 0.05) is 37.5 Å². The third-order valence-corrected chi connectivity index (χ3v) is 4.59. The van der Waals surface area contributed by atoms with E-state index >= 15 is 0 Å². The Kier molecular flexibility index (Phi) is 11.1. The highest BCUT2D eigenvalue weighted by Crippen LogP contribution is 2.18. The fourth-order valence-electron chi connectivity index (χ4n) is 2.46. The molecule has 0 aromatic heterocycles. The van der Waals surface area contributed by atoms with E-state index in [4.69, 9.17) is 4.74 Å². The molecule has 0 heterocycles. The van der Waals surface area contributed by atoms with Crippen molar-refractivity contribution < 1.29 is 23.9 Å². The number of carbonyl (C=O) groups excluding carboxylic acids is 4. The Morgan fingerprint density at radius 2 is 1.78 bits per heavy atom. The summed E-state index contributed by atoms with van der Waals surface area (Å²) in [6, 6.07) is 0. The molecule has 1 atom stereocenters. The van der Waals surface area contributed by atoms with Gasteiger partial charge in [0.2, 0.25) is 18.2 Å². The molecule has 1 unspecified atom stereocenters. The lowest BCUT2D eigenvalue weighted by atomic mass is 9.99. The van der Waals surface area contributed by atoms with Gasteiger partial charge >= 0.3 is 0 Å².